The molecule has 0 bridgehead atoms. The second-order valence-electron chi connectivity index (χ2n) is 11.7. The predicted octanol–water partition coefficient (Wildman–Crippen LogP) is -1.14. The van der Waals surface area contributed by atoms with Crippen LogP contribution in [-0.2, 0) is 38.2 Å². The SMILES string of the molecule is CC(CC(N)=O)OCCOC(C)(C)CCOC1(C)C(=O)N1C(CO)C(=O)N1CCCC1C(=O)N1CCCC1C(N)=O. The summed E-state index contributed by atoms with van der Waals surface area (Å²) in [5, 5.41) is 10.1. The third-order valence-corrected chi connectivity index (χ3v) is 8.03. The average Bonchev–Trinajstić information content (AvgIpc) is 3.37. The van der Waals surface area contributed by atoms with Gasteiger partial charge in [0.1, 0.15) is 18.1 Å². The third-order valence-electron chi connectivity index (χ3n) is 8.03. The Bertz CT molecular complexity index is 1010. The topological polar surface area (TPSA) is 195 Å². The molecule has 5 amide bonds. The first-order valence-electron chi connectivity index (χ1n) is 14.3. The molecule has 5 unspecified atom stereocenters. The van der Waals surface area contributed by atoms with Crippen LogP contribution in [-0.4, -0.2) is 124 Å². The number of carbonyl (C=O) groups is 5. The van der Waals surface area contributed by atoms with Gasteiger partial charge in [0.15, 0.2) is 0 Å². The van der Waals surface area contributed by atoms with Gasteiger partial charge >= 0.3 is 0 Å². The maximum Gasteiger partial charge on any atom is 0.279 e. The van der Waals surface area contributed by atoms with E-state index in [1.165, 1.54) is 14.7 Å². The van der Waals surface area contributed by atoms with E-state index in [1.807, 2.05) is 13.8 Å². The van der Waals surface area contributed by atoms with E-state index in [1.54, 1.807) is 13.8 Å². The van der Waals surface area contributed by atoms with Crippen molar-refractivity contribution in [3.63, 3.8) is 0 Å². The molecule has 3 rings (SSSR count). The summed E-state index contributed by atoms with van der Waals surface area (Å²) in [6.45, 7) is 7.81. The standard InChI is InChI=1S/C27H45N5O9/c1-17(15-21(28)34)39-13-14-40-26(2,3)9-12-41-27(4)25(38)32(27)20(16-33)24(37)31-11-6-8-19(31)23(36)30-10-5-7-18(30)22(29)35/h17-20,33H,5-16H2,1-4H3,(H2,28,34)(H2,29,35). The molecular formula is C27H45N5O9. The second-order valence-corrected chi connectivity index (χ2v) is 11.7. The summed E-state index contributed by atoms with van der Waals surface area (Å²) < 4.78 is 17.3. The van der Waals surface area contributed by atoms with Gasteiger partial charge in [-0.15, -0.1) is 0 Å². The van der Waals surface area contributed by atoms with Crippen molar-refractivity contribution in [3.8, 4) is 0 Å². The first kappa shape index (κ1) is 32.7. The fraction of sp³-hybridized carbons (Fsp3) is 0.815. The van der Waals surface area contributed by atoms with Crippen molar-refractivity contribution in [1.82, 2.24) is 14.7 Å². The summed E-state index contributed by atoms with van der Waals surface area (Å²) in [4.78, 5) is 66.4. The third kappa shape index (κ3) is 7.73. The van der Waals surface area contributed by atoms with Crippen molar-refractivity contribution in [3.05, 3.63) is 0 Å². The molecule has 3 saturated heterocycles. The van der Waals surface area contributed by atoms with Gasteiger partial charge in [-0.05, 0) is 59.8 Å². The Morgan fingerprint density at radius 2 is 1.68 bits per heavy atom. The zero-order valence-electron chi connectivity index (χ0n) is 24.5. The molecule has 0 saturated carbocycles. The van der Waals surface area contributed by atoms with Gasteiger partial charge in [0.05, 0.1) is 44.6 Å². The van der Waals surface area contributed by atoms with Crippen LogP contribution in [0.3, 0.4) is 0 Å². The lowest BCUT2D eigenvalue weighted by Crippen LogP contribution is -2.55. The quantitative estimate of drug-likeness (QED) is 0.149. The number of primary amides is 2. The summed E-state index contributed by atoms with van der Waals surface area (Å²) in [6.07, 6.45) is 2.40. The highest BCUT2D eigenvalue weighted by molar-refractivity contribution is 6.04. The minimum absolute atomic E-state index is 0.126. The molecule has 3 heterocycles. The molecule has 0 aromatic heterocycles. The Kier molecular flexibility index (Phi) is 10.7. The lowest BCUT2D eigenvalue weighted by molar-refractivity contribution is -0.149. The molecule has 3 fully saturated rings. The molecular weight excluding hydrogens is 538 g/mol. The van der Waals surface area contributed by atoms with Crippen LogP contribution in [0.25, 0.3) is 0 Å². The number of likely N-dealkylation sites (tertiary alicyclic amines) is 2. The zero-order valence-corrected chi connectivity index (χ0v) is 24.5. The highest BCUT2D eigenvalue weighted by Gasteiger charge is 2.65. The normalized spacial score (nSPS) is 25.9. The Morgan fingerprint density at radius 1 is 1.05 bits per heavy atom. The number of carbonyl (C=O) groups excluding carboxylic acids is 5. The molecule has 5 N–H and O–H groups in total. The summed E-state index contributed by atoms with van der Waals surface area (Å²) in [7, 11) is 0. The summed E-state index contributed by atoms with van der Waals surface area (Å²) in [6, 6.07) is -2.67. The van der Waals surface area contributed by atoms with Gasteiger partial charge in [0.2, 0.25) is 29.4 Å². The molecule has 0 aromatic rings. The number of rotatable bonds is 16. The van der Waals surface area contributed by atoms with Gasteiger partial charge in [-0.2, -0.15) is 0 Å². The van der Waals surface area contributed by atoms with Crippen molar-refractivity contribution in [2.75, 3.05) is 39.5 Å². The van der Waals surface area contributed by atoms with E-state index in [0.29, 0.717) is 45.2 Å². The highest BCUT2D eigenvalue weighted by Crippen LogP contribution is 2.39. The van der Waals surface area contributed by atoms with Crippen LogP contribution in [0, 0.1) is 0 Å². The van der Waals surface area contributed by atoms with Crippen LogP contribution < -0.4 is 11.5 Å². The van der Waals surface area contributed by atoms with Crippen molar-refractivity contribution in [2.24, 2.45) is 11.5 Å². The molecule has 41 heavy (non-hydrogen) atoms. The minimum atomic E-state index is -1.39. The van der Waals surface area contributed by atoms with Gasteiger partial charge in [0, 0.05) is 13.1 Å². The van der Waals surface area contributed by atoms with E-state index < -0.39 is 59.7 Å². The Morgan fingerprint density at radius 3 is 2.29 bits per heavy atom. The minimum Gasteiger partial charge on any atom is -0.394 e. The maximum absolute atomic E-state index is 13.5. The molecule has 5 atom stereocenters. The van der Waals surface area contributed by atoms with Crippen LogP contribution in [0.4, 0.5) is 0 Å². The maximum atomic E-state index is 13.5. The van der Waals surface area contributed by atoms with E-state index in [4.69, 9.17) is 25.7 Å². The Hall–Kier alpha value is -2.81. The van der Waals surface area contributed by atoms with Crippen molar-refractivity contribution in [2.45, 2.75) is 102 Å². The van der Waals surface area contributed by atoms with Gasteiger partial charge in [-0.3, -0.25) is 28.9 Å². The first-order chi connectivity index (χ1) is 19.2. The average molecular weight is 584 g/mol. The number of amides is 5. The number of aliphatic hydroxyl groups is 1. The molecule has 14 heteroatoms. The van der Waals surface area contributed by atoms with E-state index >= 15 is 0 Å². The molecule has 0 aliphatic carbocycles. The van der Waals surface area contributed by atoms with Crippen LogP contribution in [0.15, 0.2) is 0 Å². The molecule has 3 aliphatic rings. The smallest absolute Gasteiger partial charge is 0.279 e. The highest BCUT2D eigenvalue weighted by atomic mass is 16.6. The fourth-order valence-corrected chi connectivity index (χ4v) is 5.63. The number of aliphatic hydroxyl groups excluding tert-OH is 1. The van der Waals surface area contributed by atoms with Gasteiger partial charge in [-0.25, -0.2) is 0 Å². The summed E-state index contributed by atoms with van der Waals surface area (Å²) in [5.41, 5.74) is 8.63. The Labute approximate surface area is 240 Å². The molecule has 14 nitrogen and oxygen atoms in total. The van der Waals surface area contributed by atoms with Crippen LogP contribution in [0.1, 0.15) is 66.2 Å². The van der Waals surface area contributed by atoms with Crippen molar-refractivity contribution in [1.29, 1.82) is 0 Å². The molecule has 232 valence electrons. The molecule has 0 spiro atoms. The molecule has 3 aliphatic heterocycles. The van der Waals surface area contributed by atoms with E-state index in [0.717, 1.165) is 0 Å². The summed E-state index contributed by atoms with van der Waals surface area (Å²) in [5.74, 6) is -2.31. The van der Waals surface area contributed by atoms with Crippen LogP contribution in [0.2, 0.25) is 0 Å². The number of hydrogen-bond acceptors (Lipinski definition) is 9. The summed E-state index contributed by atoms with van der Waals surface area (Å²) >= 11 is 0. The van der Waals surface area contributed by atoms with Crippen molar-refractivity contribution >= 4 is 29.5 Å². The van der Waals surface area contributed by atoms with Crippen LogP contribution in [0.5, 0.6) is 0 Å². The van der Waals surface area contributed by atoms with E-state index in [2.05, 4.69) is 0 Å². The van der Waals surface area contributed by atoms with Crippen LogP contribution >= 0.6 is 0 Å². The second kappa shape index (κ2) is 13.4. The van der Waals surface area contributed by atoms with Gasteiger partial charge < -0.3 is 40.6 Å². The largest absolute Gasteiger partial charge is 0.394 e. The molecule has 0 aromatic carbocycles. The number of ether oxygens (including phenoxy) is 3. The zero-order chi connectivity index (χ0) is 30.5. The Balaban J connectivity index is 1.52. The van der Waals surface area contributed by atoms with E-state index in [-0.39, 0.29) is 38.3 Å². The lowest BCUT2D eigenvalue weighted by Gasteiger charge is -2.32. The fourth-order valence-electron chi connectivity index (χ4n) is 5.63. The number of nitrogens with two attached hydrogens (primary N) is 2. The van der Waals surface area contributed by atoms with Crippen molar-refractivity contribution < 1.29 is 43.3 Å². The van der Waals surface area contributed by atoms with Gasteiger partial charge in [-0.1, -0.05) is 0 Å². The molecule has 0 radical (unpaired) electrons. The van der Waals surface area contributed by atoms with Gasteiger partial charge in [0.25, 0.3) is 5.91 Å². The monoisotopic (exact) mass is 583 g/mol. The predicted molar refractivity (Wildman–Crippen MR) is 145 cm³/mol. The first-order valence-corrected chi connectivity index (χ1v) is 14.3. The lowest BCUT2D eigenvalue weighted by atomic mass is 10.1. The number of nitrogens with zero attached hydrogens (tertiary/aromatic N) is 3. The van der Waals surface area contributed by atoms with E-state index in [9.17, 15) is 29.1 Å². The number of hydrogen-bond donors (Lipinski definition) is 3.